The number of aliphatic hydroxyl groups excluding tert-OH is 1. The number of nitrogens with zero attached hydrogens (tertiary/aromatic N) is 1. The highest BCUT2D eigenvalue weighted by Gasteiger charge is 2.28. The van der Waals surface area contributed by atoms with Crippen LogP contribution in [0.5, 0.6) is 0 Å². The average Bonchev–Trinajstić information content (AvgIpc) is 2.61. The first-order chi connectivity index (χ1) is 11.5. The molecule has 0 bridgehead atoms. The molecule has 0 spiro atoms. The summed E-state index contributed by atoms with van der Waals surface area (Å²) >= 11 is 0. The molecule has 1 fully saturated rings. The van der Waals surface area contributed by atoms with Gasteiger partial charge in [-0.25, -0.2) is 0 Å². The summed E-state index contributed by atoms with van der Waals surface area (Å²) in [6.07, 6.45) is 2.11. The van der Waals surface area contributed by atoms with Crippen LogP contribution in [0.25, 0.3) is 0 Å². The van der Waals surface area contributed by atoms with E-state index >= 15 is 0 Å². The molecule has 0 aliphatic carbocycles. The van der Waals surface area contributed by atoms with E-state index in [2.05, 4.69) is 19.2 Å². The minimum absolute atomic E-state index is 0.00140. The lowest BCUT2D eigenvalue weighted by atomic mass is 9.94. The van der Waals surface area contributed by atoms with Gasteiger partial charge < -0.3 is 15.3 Å². The van der Waals surface area contributed by atoms with E-state index in [1.54, 1.807) is 0 Å². The Hall–Kier alpha value is -1.88. The van der Waals surface area contributed by atoms with Gasteiger partial charge in [-0.3, -0.25) is 9.59 Å². The van der Waals surface area contributed by atoms with Crippen molar-refractivity contribution in [3.8, 4) is 0 Å². The highest BCUT2D eigenvalue weighted by atomic mass is 16.3. The van der Waals surface area contributed by atoms with E-state index in [9.17, 15) is 14.7 Å². The number of carbonyl (C=O) groups excluding carboxylic acids is 2. The molecular formula is C19H28N2O3. The summed E-state index contributed by atoms with van der Waals surface area (Å²) in [7, 11) is 0. The molecule has 5 nitrogen and oxygen atoms in total. The summed E-state index contributed by atoms with van der Waals surface area (Å²) in [5, 5.41) is 12.3. The van der Waals surface area contributed by atoms with Crippen molar-refractivity contribution in [3.63, 3.8) is 0 Å². The molecule has 1 atom stereocenters. The first-order valence-electron chi connectivity index (χ1n) is 8.76. The molecule has 0 saturated carbocycles. The molecule has 1 aliphatic heterocycles. The Morgan fingerprint density at radius 2 is 1.83 bits per heavy atom. The Bertz CT molecular complexity index is 537. The van der Waals surface area contributed by atoms with Gasteiger partial charge in [0.15, 0.2) is 0 Å². The maximum absolute atomic E-state index is 12.4. The van der Waals surface area contributed by atoms with Crippen LogP contribution in [0.2, 0.25) is 0 Å². The predicted octanol–water partition coefficient (Wildman–Crippen LogP) is 2.06. The van der Waals surface area contributed by atoms with Gasteiger partial charge in [0.2, 0.25) is 5.91 Å². The number of hydrogen-bond acceptors (Lipinski definition) is 3. The zero-order chi connectivity index (χ0) is 17.5. The lowest BCUT2D eigenvalue weighted by Gasteiger charge is -2.32. The van der Waals surface area contributed by atoms with Crippen molar-refractivity contribution in [1.82, 2.24) is 10.2 Å². The van der Waals surface area contributed by atoms with Crippen molar-refractivity contribution in [2.45, 2.75) is 39.2 Å². The number of nitrogens with one attached hydrogen (secondary N) is 1. The lowest BCUT2D eigenvalue weighted by molar-refractivity contribution is -0.127. The van der Waals surface area contributed by atoms with Gasteiger partial charge >= 0.3 is 0 Å². The zero-order valence-corrected chi connectivity index (χ0v) is 14.6. The second kappa shape index (κ2) is 8.83. The summed E-state index contributed by atoms with van der Waals surface area (Å²) in [6.45, 7) is 5.31. The maximum Gasteiger partial charge on any atom is 0.253 e. The number of hydrogen-bond donors (Lipinski definition) is 2. The Morgan fingerprint density at radius 3 is 2.38 bits per heavy atom. The SMILES string of the molecule is CC(C)CC(CO)NC(=O)C1CCN(C(=O)c2ccccc2)CC1. The molecule has 1 saturated heterocycles. The minimum Gasteiger partial charge on any atom is -0.394 e. The van der Waals surface area contributed by atoms with E-state index in [0.29, 0.717) is 37.4 Å². The minimum atomic E-state index is -0.179. The molecule has 1 heterocycles. The monoisotopic (exact) mass is 332 g/mol. The normalized spacial score (nSPS) is 16.9. The quantitative estimate of drug-likeness (QED) is 0.838. The van der Waals surface area contributed by atoms with Crippen molar-refractivity contribution in [2.75, 3.05) is 19.7 Å². The Balaban J connectivity index is 1.83. The van der Waals surface area contributed by atoms with Crippen molar-refractivity contribution in [1.29, 1.82) is 0 Å². The third kappa shape index (κ3) is 5.06. The average molecular weight is 332 g/mol. The number of likely N-dealkylation sites (tertiary alicyclic amines) is 1. The van der Waals surface area contributed by atoms with Crippen LogP contribution in [0, 0.1) is 11.8 Å². The fraction of sp³-hybridized carbons (Fsp3) is 0.579. The first kappa shape index (κ1) is 18.5. The molecule has 1 aromatic carbocycles. The molecule has 2 amide bonds. The fourth-order valence-corrected chi connectivity index (χ4v) is 3.18. The van der Waals surface area contributed by atoms with Gasteiger partial charge in [-0.2, -0.15) is 0 Å². The van der Waals surface area contributed by atoms with Gasteiger partial charge in [-0.15, -0.1) is 0 Å². The maximum atomic E-state index is 12.4. The molecule has 1 unspecified atom stereocenters. The van der Waals surface area contributed by atoms with Crippen molar-refractivity contribution in [3.05, 3.63) is 35.9 Å². The molecule has 1 aliphatic rings. The number of benzene rings is 1. The number of carbonyl (C=O) groups is 2. The van der Waals surface area contributed by atoms with E-state index in [-0.39, 0.29) is 30.4 Å². The van der Waals surface area contributed by atoms with Crippen molar-refractivity contribution < 1.29 is 14.7 Å². The van der Waals surface area contributed by atoms with Crippen LogP contribution in [-0.2, 0) is 4.79 Å². The van der Waals surface area contributed by atoms with Crippen LogP contribution in [0.1, 0.15) is 43.5 Å². The van der Waals surface area contributed by atoms with E-state index in [1.165, 1.54) is 0 Å². The molecule has 1 aromatic rings. The molecule has 5 heteroatoms. The van der Waals surface area contributed by atoms with E-state index < -0.39 is 0 Å². The van der Waals surface area contributed by atoms with Crippen molar-refractivity contribution in [2.24, 2.45) is 11.8 Å². The predicted molar refractivity (Wildman–Crippen MR) is 93.5 cm³/mol. The van der Waals surface area contributed by atoms with Crippen LogP contribution >= 0.6 is 0 Å². The lowest BCUT2D eigenvalue weighted by Crippen LogP contribution is -2.46. The van der Waals surface area contributed by atoms with Crippen LogP contribution in [0.3, 0.4) is 0 Å². The second-order valence-corrected chi connectivity index (χ2v) is 6.95. The molecule has 2 N–H and O–H groups in total. The van der Waals surface area contributed by atoms with Gasteiger partial charge in [-0.1, -0.05) is 32.0 Å². The second-order valence-electron chi connectivity index (χ2n) is 6.95. The third-order valence-corrected chi connectivity index (χ3v) is 4.50. The van der Waals surface area contributed by atoms with Crippen LogP contribution in [-0.4, -0.2) is 47.6 Å². The van der Waals surface area contributed by atoms with Gasteiger partial charge in [0.25, 0.3) is 5.91 Å². The summed E-state index contributed by atoms with van der Waals surface area (Å²) in [5.74, 6) is 0.378. The van der Waals surface area contributed by atoms with E-state index in [1.807, 2.05) is 35.2 Å². The van der Waals surface area contributed by atoms with Gasteiger partial charge in [0, 0.05) is 24.6 Å². The number of amides is 2. The van der Waals surface area contributed by atoms with Gasteiger partial charge in [-0.05, 0) is 37.3 Å². The molecule has 132 valence electrons. The number of rotatable bonds is 6. The molecule has 24 heavy (non-hydrogen) atoms. The standard InChI is InChI=1S/C19H28N2O3/c1-14(2)12-17(13-22)20-18(23)15-8-10-21(11-9-15)19(24)16-6-4-3-5-7-16/h3-7,14-15,17,22H,8-13H2,1-2H3,(H,20,23). The summed E-state index contributed by atoms with van der Waals surface area (Å²) in [6, 6.07) is 9.07. The highest BCUT2D eigenvalue weighted by molar-refractivity contribution is 5.94. The highest BCUT2D eigenvalue weighted by Crippen LogP contribution is 2.20. The Kier molecular flexibility index (Phi) is 6.79. The largest absolute Gasteiger partial charge is 0.394 e. The summed E-state index contributed by atoms with van der Waals surface area (Å²) in [5.41, 5.74) is 0.692. The van der Waals surface area contributed by atoms with Crippen LogP contribution < -0.4 is 5.32 Å². The molecule has 2 rings (SSSR count). The smallest absolute Gasteiger partial charge is 0.253 e. The summed E-state index contributed by atoms with van der Waals surface area (Å²) < 4.78 is 0. The van der Waals surface area contributed by atoms with Crippen LogP contribution in [0.4, 0.5) is 0 Å². The summed E-state index contributed by atoms with van der Waals surface area (Å²) in [4.78, 5) is 26.6. The van der Waals surface area contributed by atoms with Gasteiger partial charge in [0.1, 0.15) is 0 Å². The topological polar surface area (TPSA) is 69.6 Å². The van der Waals surface area contributed by atoms with Crippen LogP contribution in [0.15, 0.2) is 30.3 Å². The third-order valence-electron chi connectivity index (χ3n) is 4.50. The molecule has 0 radical (unpaired) electrons. The number of piperidine rings is 1. The van der Waals surface area contributed by atoms with Gasteiger partial charge in [0.05, 0.1) is 12.6 Å². The van der Waals surface area contributed by atoms with E-state index in [0.717, 1.165) is 6.42 Å². The first-order valence-corrected chi connectivity index (χ1v) is 8.76. The van der Waals surface area contributed by atoms with E-state index in [4.69, 9.17) is 0 Å². The zero-order valence-electron chi connectivity index (χ0n) is 14.6. The molecule has 0 aromatic heterocycles. The number of aliphatic hydroxyl groups is 1. The molecular weight excluding hydrogens is 304 g/mol. The van der Waals surface area contributed by atoms with Crippen molar-refractivity contribution >= 4 is 11.8 Å². The Morgan fingerprint density at radius 1 is 1.21 bits per heavy atom. The Labute approximate surface area is 144 Å². The fourth-order valence-electron chi connectivity index (χ4n) is 3.18.